The van der Waals surface area contributed by atoms with Crippen LogP contribution in [0.2, 0.25) is 0 Å². The van der Waals surface area contributed by atoms with Crippen molar-refractivity contribution < 1.29 is 9.47 Å². The van der Waals surface area contributed by atoms with Crippen LogP contribution in [0.1, 0.15) is 51.4 Å². The van der Waals surface area contributed by atoms with Gasteiger partial charge < -0.3 is 9.47 Å². The van der Waals surface area contributed by atoms with Crippen molar-refractivity contribution in [1.29, 1.82) is 0 Å². The Kier molecular flexibility index (Phi) is 6.34. The molecule has 2 aromatic carbocycles. The second kappa shape index (κ2) is 9.09. The number of ether oxygens (including phenoxy) is 2. The highest BCUT2D eigenvalue weighted by Gasteiger charge is 2.17. The summed E-state index contributed by atoms with van der Waals surface area (Å²) < 4.78 is 12.1. The monoisotopic (exact) mass is 386 g/mol. The van der Waals surface area contributed by atoms with Crippen molar-refractivity contribution in [2.45, 2.75) is 73.4 Å². The first kappa shape index (κ1) is 18.1. The van der Waals surface area contributed by atoms with Gasteiger partial charge in [0.05, 0.1) is 12.2 Å². The molecule has 2 aromatic rings. The zero-order chi connectivity index (χ0) is 17.6. The molecule has 2 saturated carbocycles. The van der Waals surface area contributed by atoms with Crippen LogP contribution in [0.4, 0.5) is 0 Å². The summed E-state index contributed by atoms with van der Waals surface area (Å²) in [6, 6.07) is 17.0. The van der Waals surface area contributed by atoms with Gasteiger partial charge in [0.1, 0.15) is 11.5 Å². The number of hydrogen-bond acceptors (Lipinski definition) is 4. The van der Waals surface area contributed by atoms with Crippen LogP contribution in [0, 0.1) is 0 Å². The second-order valence-corrected chi connectivity index (χ2v) is 9.43. The SMILES string of the molecule is c1cc(SSc2ccc(OC3CCCC3)cc2)ccc1OC1CCCC1. The topological polar surface area (TPSA) is 18.5 Å². The summed E-state index contributed by atoms with van der Waals surface area (Å²) in [5.41, 5.74) is 0. The zero-order valence-corrected chi connectivity index (χ0v) is 16.7. The lowest BCUT2D eigenvalue weighted by Crippen LogP contribution is -2.10. The highest BCUT2D eigenvalue weighted by molar-refractivity contribution is 8.76. The Morgan fingerprint density at radius 1 is 0.538 bits per heavy atom. The predicted octanol–water partition coefficient (Wildman–Crippen LogP) is 7.13. The molecule has 0 N–H and O–H groups in total. The second-order valence-electron chi connectivity index (χ2n) is 7.16. The molecule has 0 radical (unpaired) electrons. The van der Waals surface area contributed by atoms with Gasteiger partial charge in [0.15, 0.2) is 0 Å². The molecular formula is C22H26O2S2. The molecular weight excluding hydrogens is 360 g/mol. The van der Waals surface area contributed by atoms with E-state index in [9.17, 15) is 0 Å². The largest absolute Gasteiger partial charge is 0.490 e. The first-order valence-corrected chi connectivity index (χ1v) is 11.9. The van der Waals surface area contributed by atoms with Gasteiger partial charge in [0.2, 0.25) is 0 Å². The molecule has 2 aliphatic rings. The third kappa shape index (κ3) is 5.14. The van der Waals surface area contributed by atoms with Crippen LogP contribution in [-0.4, -0.2) is 12.2 Å². The van der Waals surface area contributed by atoms with Crippen LogP contribution in [0.15, 0.2) is 58.3 Å². The number of rotatable bonds is 7. The fourth-order valence-electron chi connectivity index (χ4n) is 3.64. The van der Waals surface area contributed by atoms with E-state index < -0.39 is 0 Å². The van der Waals surface area contributed by atoms with Gasteiger partial charge in [-0.3, -0.25) is 0 Å². The molecule has 0 spiro atoms. The molecule has 138 valence electrons. The molecule has 0 amide bonds. The van der Waals surface area contributed by atoms with E-state index in [1.807, 2.05) is 0 Å². The average molecular weight is 387 g/mol. The molecule has 0 aliphatic heterocycles. The maximum atomic E-state index is 6.03. The summed E-state index contributed by atoms with van der Waals surface area (Å²) in [5.74, 6) is 2.00. The van der Waals surface area contributed by atoms with Crippen LogP contribution in [-0.2, 0) is 0 Å². The molecule has 2 fully saturated rings. The van der Waals surface area contributed by atoms with Crippen LogP contribution in [0.3, 0.4) is 0 Å². The van der Waals surface area contributed by atoms with Crippen LogP contribution < -0.4 is 9.47 Å². The third-order valence-electron chi connectivity index (χ3n) is 5.09. The highest BCUT2D eigenvalue weighted by atomic mass is 33.1. The van der Waals surface area contributed by atoms with Crippen molar-refractivity contribution in [3.63, 3.8) is 0 Å². The van der Waals surface area contributed by atoms with E-state index in [1.54, 1.807) is 21.6 Å². The lowest BCUT2D eigenvalue weighted by molar-refractivity contribution is 0.209. The third-order valence-corrected chi connectivity index (χ3v) is 7.51. The minimum atomic E-state index is 0.424. The van der Waals surface area contributed by atoms with Crippen molar-refractivity contribution in [3.8, 4) is 11.5 Å². The maximum Gasteiger partial charge on any atom is 0.119 e. The maximum absolute atomic E-state index is 6.03. The first-order valence-electron chi connectivity index (χ1n) is 9.73. The molecule has 0 saturated heterocycles. The van der Waals surface area contributed by atoms with Crippen molar-refractivity contribution >= 4 is 21.6 Å². The van der Waals surface area contributed by atoms with Crippen molar-refractivity contribution in [1.82, 2.24) is 0 Å². The van der Waals surface area contributed by atoms with Crippen molar-refractivity contribution in [2.75, 3.05) is 0 Å². The standard InChI is InChI=1S/C22H26O2S2/c1-2-6-17(5-1)23-19-9-13-21(14-10-19)25-26-22-15-11-20(12-16-22)24-18-7-3-4-8-18/h9-18H,1-8H2. The van der Waals surface area contributed by atoms with Gasteiger partial charge in [-0.2, -0.15) is 0 Å². The minimum Gasteiger partial charge on any atom is -0.490 e. The van der Waals surface area contributed by atoms with E-state index in [0.29, 0.717) is 12.2 Å². The number of benzene rings is 2. The summed E-state index contributed by atoms with van der Waals surface area (Å²) in [6.07, 6.45) is 10.9. The van der Waals surface area contributed by atoms with Crippen molar-refractivity contribution in [2.24, 2.45) is 0 Å². The molecule has 0 atom stereocenters. The normalized spacial score (nSPS) is 18.3. The van der Waals surface area contributed by atoms with Gasteiger partial charge in [-0.05, 0) is 99.9 Å². The first-order chi connectivity index (χ1) is 12.8. The Morgan fingerprint density at radius 3 is 1.23 bits per heavy atom. The minimum absolute atomic E-state index is 0.424. The highest BCUT2D eigenvalue weighted by Crippen LogP contribution is 2.39. The molecule has 4 rings (SSSR count). The molecule has 0 bridgehead atoms. The van der Waals surface area contributed by atoms with Gasteiger partial charge in [0.25, 0.3) is 0 Å². The van der Waals surface area contributed by atoms with Gasteiger partial charge in [0, 0.05) is 9.79 Å². The number of hydrogen-bond donors (Lipinski definition) is 0. The Labute approximate surface area is 164 Å². The lowest BCUT2D eigenvalue weighted by atomic mass is 10.3. The van der Waals surface area contributed by atoms with Gasteiger partial charge in [-0.15, -0.1) is 0 Å². The summed E-state index contributed by atoms with van der Waals surface area (Å²) in [6.45, 7) is 0. The molecule has 0 aromatic heterocycles. The fraction of sp³-hybridized carbons (Fsp3) is 0.455. The van der Waals surface area contributed by atoms with Crippen LogP contribution in [0.5, 0.6) is 11.5 Å². The molecule has 0 unspecified atom stereocenters. The van der Waals surface area contributed by atoms with E-state index in [2.05, 4.69) is 48.5 Å². The molecule has 2 nitrogen and oxygen atoms in total. The Hall–Kier alpha value is -1.26. The van der Waals surface area contributed by atoms with Gasteiger partial charge in [-0.25, -0.2) is 0 Å². The van der Waals surface area contributed by atoms with E-state index >= 15 is 0 Å². The Bertz CT molecular complexity index is 611. The smallest absolute Gasteiger partial charge is 0.119 e. The van der Waals surface area contributed by atoms with Crippen LogP contribution >= 0.6 is 21.6 Å². The lowest BCUT2D eigenvalue weighted by Gasteiger charge is -2.13. The molecule has 2 aliphatic carbocycles. The van der Waals surface area contributed by atoms with Crippen LogP contribution in [0.25, 0.3) is 0 Å². The Morgan fingerprint density at radius 2 is 0.885 bits per heavy atom. The van der Waals surface area contributed by atoms with E-state index in [1.165, 1.54) is 61.2 Å². The van der Waals surface area contributed by atoms with Gasteiger partial charge in [-0.1, -0.05) is 21.6 Å². The summed E-state index contributed by atoms with van der Waals surface area (Å²) in [5, 5.41) is 0. The van der Waals surface area contributed by atoms with E-state index in [4.69, 9.17) is 9.47 Å². The summed E-state index contributed by atoms with van der Waals surface area (Å²) in [4.78, 5) is 2.50. The van der Waals surface area contributed by atoms with Crippen molar-refractivity contribution in [3.05, 3.63) is 48.5 Å². The predicted molar refractivity (Wildman–Crippen MR) is 110 cm³/mol. The summed E-state index contributed by atoms with van der Waals surface area (Å²) >= 11 is 0. The van der Waals surface area contributed by atoms with E-state index in [0.717, 1.165) is 11.5 Å². The fourth-order valence-corrected chi connectivity index (χ4v) is 5.57. The molecule has 0 heterocycles. The molecule has 4 heteroatoms. The van der Waals surface area contributed by atoms with E-state index in [-0.39, 0.29) is 0 Å². The summed E-state index contributed by atoms with van der Waals surface area (Å²) in [7, 11) is 3.57. The Balaban J connectivity index is 1.25. The van der Waals surface area contributed by atoms with Gasteiger partial charge >= 0.3 is 0 Å². The zero-order valence-electron chi connectivity index (χ0n) is 15.1. The quantitative estimate of drug-likeness (QED) is 0.471. The average Bonchev–Trinajstić information content (AvgIpc) is 3.37. The molecule has 26 heavy (non-hydrogen) atoms.